The number of rotatable bonds is 6. The largest absolute Gasteiger partial charge is 0.489 e. The lowest BCUT2D eigenvalue weighted by atomic mass is 10.2. The van der Waals surface area contributed by atoms with Gasteiger partial charge in [-0.3, -0.25) is 0 Å². The van der Waals surface area contributed by atoms with Gasteiger partial charge in [0, 0.05) is 6.54 Å². The highest BCUT2D eigenvalue weighted by Crippen LogP contribution is 2.22. The van der Waals surface area contributed by atoms with Gasteiger partial charge in [0.05, 0.1) is 5.02 Å². The topological polar surface area (TPSA) is 55.4 Å². The Morgan fingerprint density at radius 3 is 2.50 bits per heavy atom. The molecule has 1 N–H and O–H groups in total. The van der Waals surface area contributed by atoms with E-state index in [1.54, 1.807) is 19.1 Å². The first-order valence-corrected chi connectivity index (χ1v) is 8.72. The van der Waals surface area contributed by atoms with Gasteiger partial charge in [0.1, 0.15) is 16.7 Å². The van der Waals surface area contributed by atoms with Gasteiger partial charge < -0.3 is 4.74 Å². The van der Waals surface area contributed by atoms with Crippen LogP contribution in [-0.4, -0.2) is 21.1 Å². The van der Waals surface area contributed by atoms with Gasteiger partial charge in [-0.2, -0.15) is 0 Å². The number of nitrogens with one attached hydrogen (secondary N) is 1. The molecule has 0 radical (unpaired) electrons. The molecular weight excluding hydrogens is 322 g/mol. The maximum Gasteiger partial charge on any atom is 0.242 e. The predicted octanol–water partition coefficient (Wildman–Crippen LogP) is 3.39. The number of aryl methyl sites for hydroxylation is 1. The van der Waals surface area contributed by atoms with Gasteiger partial charge in [0.2, 0.25) is 10.0 Å². The van der Waals surface area contributed by atoms with Crippen LogP contribution in [0.2, 0.25) is 5.02 Å². The van der Waals surface area contributed by atoms with Crippen LogP contribution in [0.1, 0.15) is 12.5 Å². The smallest absolute Gasteiger partial charge is 0.242 e. The van der Waals surface area contributed by atoms with Crippen LogP contribution in [0.25, 0.3) is 0 Å². The second-order valence-electron chi connectivity index (χ2n) is 5.03. The summed E-state index contributed by atoms with van der Waals surface area (Å²) in [4.78, 5) is 0.0756. The maximum absolute atomic E-state index is 12.3. The summed E-state index contributed by atoms with van der Waals surface area (Å²) in [5, 5.41) is 0.212. The van der Waals surface area contributed by atoms with Gasteiger partial charge in [-0.15, -0.1) is 0 Å². The molecule has 4 nitrogen and oxygen atoms in total. The maximum atomic E-state index is 12.3. The van der Waals surface area contributed by atoms with Gasteiger partial charge in [-0.1, -0.05) is 35.9 Å². The normalized spacial score (nSPS) is 12.9. The van der Waals surface area contributed by atoms with E-state index in [1.165, 1.54) is 6.07 Å². The molecule has 1 unspecified atom stereocenters. The first-order valence-electron chi connectivity index (χ1n) is 6.86. The molecule has 0 saturated carbocycles. The predicted molar refractivity (Wildman–Crippen MR) is 87.9 cm³/mol. The fraction of sp³-hybridized carbons (Fsp3) is 0.250. The standard InChI is InChI=1S/C16H18ClNO3S/c1-12-8-9-16(15(17)10-12)22(19,20)18-11-13(2)21-14-6-4-3-5-7-14/h3-10,13,18H,11H2,1-2H3. The monoisotopic (exact) mass is 339 g/mol. The first-order chi connectivity index (χ1) is 10.4. The first kappa shape index (κ1) is 16.8. The number of hydrogen-bond donors (Lipinski definition) is 1. The van der Waals surface area contributed by atoms with E-state index in [-0.39, 0.29) is 22.6 Å². The van der Waals surface area contributed by atoms with Crippen molar-refractivity contribution in [2.24, 2.45) is 0 Å². The third kappa shape index (κ3) is 4.47. The summed E-state index contributed by atoms with van der Waals surface area (Å²) in [6.45, 7) is 3.80. The Balaban J connectivity index is 2.00. The molecule has 22 heavy (non-hydrogen) atoms. The number of benzene rings is 2. The minimum absolute atomic E-state index is 0.0756. The van der Waals surface area contributed by atoms with Crippen molar-refractivity contribution in [3.8, 4) is 5.75 Å². The van der Waals surface area contributed by atoms with Crippen molar-refractivity contribution < 1.29 is 13.2 Å². The van der Waals surface area contributed by atoms with Crippen LogP contribution in [0.5, 0.6) is 5.75 Å². The van der Waals surface area contributed by atoms with Crippen molar-refractivity contribution in [2.45, 2.75) is 24.8 Å². The lowest BCUT2D eigenvalue weighted by molar-refractivity contribution is 0.225. The Labute approximate surface area is 136 Å². The lowest BCUT2D eigenvalue weighted by Crippen LogP contribution is -2.33. The quantitative estimate of drug-likeness (QED) is 0.877. The number of para-hydroxylation sites is 1. The van der Waals surface area contributed by atoms with E-state index in [1.807, 2.05) is 37.3 Å². The molecule has 0 aromatic heterocycles. The van der Waals surface area contributed by atoms with Crippen molar-refractivity contribution in [2.75, 3.05) is 6.54 Å². The molecule has 0 saturated heterocycles. The average Bonchev–Trinajstić information content (AvgIpc) is 2.46. The molecule has 0 bridgehead atoms. The molecule has 0 aliphatic heterocycles. The van der Waals surface area contributed by atoms with E-state index in [9.17, 15) is 8.42 Å². The molecule has 2 rings (SSSR count). The SMILES string of the molecule is Cc1ccc(S(=O)(=O)NCC(C)Oc2ccccc2)c(Cl)c1. The van der Waals surface area contributed by atoms with Crippen LogP contribution in [0.15, 0.2) is 53.4 Å². The Morgan fingerprint density at radius 1 is 1.18 bits per heavy atom. The summed E-state index contributed by atoms with van der Waals surface area (Å²) in [5.41, 5.74) is 0.907. The second-order valence-corrected chi connectivity index (χ2v) is 7.17. The molecule has 0 aliphatic rings. The van der Waals surface area contributed by atoms with Crippen LogP contribution in [0, 0.1) is 6.92 Å². The zero-order valence-electron chi connectivity index (χ0n) is 12.4. The van der Waals surface area contributed by atoms with Crippen molar-refractivity contribution in [1.82, 2.24) is 4.72 Å². The Morgan fingerprint density at radius 2 is 1.86 bits per heavy atom. The number of hydrogen-bond acceptors (Lipinski definition) is 3. The third-order valence-corrected chi connectivity index (χ3v) is 4.92. The zero-order valence-corrected chi connectivity index (χ0v) is 14.0. The summed E-state index contributed by atoms with van der Waals surface area (Å²) in [5.74, 6) is 0.697. The van der Waals surface area contributed by atoms with E-state index < -0.39 is 10.0 Å². The summed E-state index contributed by atoms with van der Waals surface area (Å²) in [7, 11) is -3.66. The van der Waals surface area contributed by atoms with Crippen LogP contribution in [-0.2, 0) is 10.0 Å². The van der Waals surface area contributed by atoms with Gasteiger partial charge in [0.15, 0.2) is 0 Å². The average molecular weight is 340 g/mol. The fourth-order valence-electron chi connectivity index (χ4n) is 1.90. The van der Waals surface area contributed by atoms with E-state index in [2.05, 4.69) is 4.72 Å². The number of sulfonamides is 1. The number of ether oxygens (including phenoxy) is 1. The van der Waals surface area contributed by atoms with Crippen molar-refractivity contribution in [3.05, 3.63) is 59.1 Å². The molecule has 1 atom stereocenters. The van der Waals surface area contributed by atoms with E-state index >= 15 is 0 Å². The van der Waals surface area contributed by atoms with Crippen molar-refractivity contribution in [3.63, 3.8) is 0 Å². The molecule has 0 spiro atoms. The molecule has 0 fully saturated rings. The molecule has 2 aromatic rings. The van der Waals surface area contributed by atoms with Crippen LogP contribution < -0.4 is 9.46 Å². The molecule has 0 heterocycles. The highest BCUT2D eigenvalue weighted by atomic mass is 35.5. The van der Waals surface area contributed by atoms with Gasteiger partial charge >= 0.3 is 0 Å². The Bertz CT molecular complexity index is 732. The van der Waals surface area contributed by atoms with Gasteiger partial charge in [-0.05, 0) is 43.7 Å². The van der Waals surface area contributed by atoms with Crippen LogP contribution in [0.4, 0.5) is 0 Å². The van der Waals surface area contributed by atoms with E-state index in [4.69, 9.17) is 16.3 Å². The highest BCUT2D eigenvalue weighted by molar-refractivity contribution is 7.89. The minimum atomic E-state index is -3.66. The summed E-state index contributed by atoms with van der Waals surface area (Å²) in [6, 6.07) is 14.1. The fourth-order valence-corrected chi connectivity index (χ4v) is 3.61. The summed E-state index contributed by atoms with van der Waals surface area (Å²) >= 11 is 6.01. The van der Waals surface area contributed by atoms with E-state index in [0.717, 1.165) is 5.56 Å². The third-order valence-electron chi connectivity index (χ3n) is 3.02. The number of halogens is 1. The molecule has 0 amide bonds. The van der Waals surface area contributed by atoms with Gasteiger partial charge in [-0.25, -0.2) is 13.1 Å². The second kappa shape index (κ2) is 7.13. The van der Waals surface area contributed by atoms with Gasteiger partial charge in [0.25, 0.3) is 0 Å². The van der Waals surface area contributed by atoms with E-state index in [0.29, 0.717) is 5.75 Å². The zero-order chi connectivity index (χ0) is 16.2. The van der Waals surface area contributed by atoms with Crippen LogP contribution in [0.3, 0.4) is 0 Å². The Hall–Kier alpha value is -1.56. The molecule has 118 valence electrons. The highest BCUT2D eigenvalue weighted by Gasteiger charge is 2.19. The van der Waals surface area contributed by atoms with Crippen molar-refractivity contribution in [1.29, 1.82) is 0 Å². The summed E-state index contributed by atoms with van der Waals surface area (Å²) in [6.07, 6.45) is -0.304. The lowest BCUT2D eigenvalue weighted by Gasteiger charge is -2.16. The Kier molecular flexibility index (Phi) is 5.45. The minimum Gasteiger partial charge on any atom is -0.489 e. The van der Waals surface area contributed by atoms with Crippen molar-refractivity contribution >= 4 is 21.6 Å². The summed E-state index contributed by atoms with van der Waals surface area (Å²) < 4.78 is 32.7. The van der Waals surface area contributed by atoms with Crippen LogP contribution >= 0.6 is 11.6 Å². The molecular formula is C16H18ClNO3S. The molecule has 0 aliphatic carbocycles. The molecule has 2 aromatic carbocycles. The molecule has 6 heteroatoms.